The van der Waals surface area contributed by atoms with E-state index in [1.54, 1.807) is 12.1 Å². The first-order valence-corrected chi connectivity index (χ1v) is 10.5. The maximum Gasteiger partial charge on any atom is 0.253 e. The number of likely N-dealkylation sites (tertiary alicyclic amines) is 1. The molecule has 1 aliphatic carbocycles. The molecule has 0 bridgehead atoms. The maximum atomic E-state index is 13.2. The molecule has 2 aromatic carbocycles. The molecule has 0 radical (unpaired) electrons. The molecule has 29 heavy (non-hydrogen) atoms. The van der Waals surface area contributed by atoms with Crippen LogP contribution in [-0.2, 0) is 4.79 Å². The van der Waals surface area contributed by atoms with Crippen LogP contribution in [0.5, 0.6) is 0 Å². The van der Waals surface area contributed by atoms with Crippen LogP contribution in [-0.4, -0.2) is 35.8 Å². The predicted octanol–water partition coefficient (Wildman–Crippen LogP) is 4.40. The van der Waals surface area contributed by atoms with E-state index in [-0.39, 0.29) is 17.6 Å². The fourth-order valence-electron chi connectivity index (χ4n) is 4.00. The van der Waals surface area contributed by atoms with Crippen molar-refractivity contribution in [2.24, 2.45) is 5.92 Å². The van der Waals surface area contributed by atoms with Gasteiger partial charge in [0.1, 0.15) is 5.82 Å². The van der Waals surface area contributed by atoms with E-state index < -0.39 is 0 Å². The van der Waals surface area contributed by atoms with Crippen molar-refractivity contribution < 1.29 is 14.0 Å². The van der Waals surface area contributed by atoms with Crippen LogP contribution in [0, 0.1) is 11.7 Å². The van der Waals surface area contributed by atoms with E-state index in [0.29, 0.717) is 30.5 Å². The van der Waals surface area contributed by atoms with Gasteiger partial charge in [-0.15, -0.1) is 0 Å². The number of benzene rings is 2. The lowest BCUT2D eigenvalue weighted by Gasteiger charge is -2.33. The molecule has 152 valence electrons. The first-order chi connectivity index (χ1) is 14.1. The van der Waals surface area contributed by atoms with Crippen molar-refractivity contribution in [1.82, 2.24) is 10.2 Å². The zero-order valence-corrected chi connectivity index (χ0v) is 16.6. The highest BCUT2D eigenvalue weighted by Crippen LogP contribution is 2.25. The summed E-state index contributed by atoms with van der Waals surface area (Å²) in [5, 5.41) is 3.04. The average molecular weight is 394 g/mol. The van der Waals surface area contributed by atoms with E-state index >= 15 is 0 Å². The van der Waals surface area contributed by atoms with Crippen LogP contribution in [0.3, 0.4) is 0 Å². The first-order valence-electron chi connectivity index (χ1n) is 10.5. The maximum absolute atomic E-state index is 13.2. The Morgan fingerprint density at radius 1 is 1.03 bits per heavy atom. The van der Waals surface area contributed by atoms with Crippen molar-refractivity contribution in [2.45, 2.75) is 44.6 Å². The lowest BCUT2D eigenvalue weighted by molar-refractivity contribution is -0.121. The lowest BCUT2D eigenvalue weighted by Crippen LogP contribution is -2.40. The van der Waals surface area contributed by atoms with Gasteiger partial charge in [-0.2, -0.15) is 0 Å². The Kier molecular flexibility index (Phi) is 5.93. The summed E-state index contributed by atoms with van der Waals surface area (Å²) in [6, 6.07) is 14.2. The Hall–Kier alpha value is -2.69. The Morgan fingerprint density at radius 3 is 2.59 bits per heavy atom. The highest BCUT2D eigenvalue weighted by atomic mass is 19.1. The van der Waals surface area contributed by atoms with Crippen LogP contribution in [0.4, 0.5) is 4.39 Å². The Balaban J connectivity index is 1.37. The van der Waals surface area contributed by atoms with Gasteiger partial charge in [0.2, 0.25) is 5.91 Å². The summed E-state index contributed by atoms with van der Waals surface area (Å²) in [5.74, 6) is 0.271. The van der Waals surface area contributed by atoms with Crippen molar-refractivity contribution in [3.63, 3.8) is 0 Å². The minimum atomic E-state index is -0.272. The molecular weight excluding hydrogens is 367 g/mol. The average Bonchev–Trinajstić information content (AvgIpc) is 3.56. The van der Waals surface area contributed by atoms with Crippen molar-refractivity contribution in [2.75, 3.05) is 13.1 Å². The van der Waals surface area contributed by atoms with Crippen molar-refractivity contribution >= 4 is 11.8 Å². The number of nitrogens with one attached hydrogen (secondary N) is 1. The molecule has 2 aliphatic rings. The van der Waals surface area contributed by atoms with Gasteiger partial charge in [-0.3, -0.25) is 9.59 Å². The monoisotopic (exact) mass is 394 g/mol. The number of carbonyl (C=O) groups is 2. The normalized spacial score (nSPS) is 19.1. The molecule has 1 saturated carbocycles. The quantitative estimate of drug-likeness (QED) is 0.789. The molecule has 1 saturated heterocycles. The van der Waals surface area contributed by atoms with Gasteiger partial charge in [0.05, 0.1) is 0 Å². The molecule has 1 aliphatic heterocycles. The summed E-state index contributed by atoms with van der Waals surface area (Å²) < 4.78 is 13.2. The van der Waals surface area contributed by atoms with Gasteiger partial charge in [-0.1, -0.05) is 24.3 Å². The van der Waals surface area contributed by atoms with Gasteiger partial charge in [-0.25, -0.2) is 4.39 Å². The Bertz CT molecular complexity index is 877. The number of halogens is 1. The third kappa shape index (κ3) is 5.22. The van der Waals surface area contributed by atoms with Crippen LogP contribution >= 0.6 is 0 Å². The van der Waals surface area contributed by atoms with Gasteiger partial charge in [0.15, 0.2) is 0 Å². The van der Waals surface area contributed by atoms with Gasteiger partial charge < -0.3 is 10.2 Å². The minimum Gasteiger partial charge on any atom is -0.353 e. The number of carbonyl (C=O) groups excluding carboxylic acids is 2. The van der Waals surface area contributed by atoms with Gasteiger partial charge in [0.25, 0.3) is 5.91 Å². The fraction of sp³-hybridized carbons (Fsp3) is 0.417. The summed E-state index contributed by atoms with van der Waals surface area (Å²) >= 11 is 0. The van der Waals surface area contributed by atoms with E-state index in [1.165, 1.54) is 12.1 Å². The molecule has 0 unspecified atom stereocenters. The van der Waals surface area contributed by atoms with Gasteiger partial charge >= 0.3 is 0 Å². The topological polar surface area (TPSA) is 49.4 Å². The summed E-state index contributed by atoms with van der Waals surface area (Å²) in [4.78, 5) is 26.9. The summed E-state index contributed by atoms with van der Waals surface area (Å²) in [6.45, 7) is 1.46. The van der Waals surface area contributed by atoms with Gasteiger partial charge in [0, 0.05) is 31.1 Å². The molecule has 2 aromatic rings. The molecule has 0 spiro atoms. The highest BCUT2D eigenvalue weighted by Gasteiger charge is 2.26. The number of amides is 2. The Labute approximate surface area is 171 Å². The van der Waals surface area contributed by atoms with E-state index in [9.17, 15) is 14.0 Å². The third-order valence-electron chi connectivity index (χ3n) is 5.82. The second-order valence-corrected chi connectivity index (χ2v) is 8.23. The smallest absolute Gasteiger partial charge is 0.253 e. The molecule has 5 heteroatoms. The zero-order valence-electron chi connectivity index (χ0n) is 16.6. The lowest BCUT2D eigenvalue weighted by atomic mass is 9.92. The van der Waals surface area contributed by atoms with E-state index in [4.69, 9.17) is 0 Å². The van der Waals surface area contributed by atoms with Crippen LogP contribution in [0.1, 0.15) is 48.9 Å². The van der Waals surface area contributed by atoms with Crippen molar-refractivity contribution in [3.8, 4) is 11.1 Å². The molecule has 2 fully saturated rings. The number of nitrogens with zero attached hydrogens (tertiary/aromatic N) is 1. The van der Waals surface area contributed by atoms with Crippen LogP contribution < -0.4 is 5.32 Å². The molecule has 0 aromatic heterocycles. The SMILES string of the molecule is O=C(CC[C@@H]1CCCN(C(=O)c2cccc(-c3ccc(F)cc3)c2)C1)NC1CC1. The highest BCUT2D eigenvalue weighted by molar-refractivity contribution is 5.95. The molecule has 1 heterocycles. The summed E-state index contributed by atoms with van der Waals surface area (Å²) in [7, 11) is 0. The standard InChI is InChI=1S/C24H27FN2O2/c25-21-9-7-18(8-10-21)19-4-1-5-20(15-19)24(29)27-14-2-3-17(16-27)6-13-23(28)26-22-11-12-22/h1,4-5,7-10,15,17,22H,2-3,6,11-14,16H2,(H,26,28)/t17-/m0/s1. The predicted molar refractivity (Wildman–Crippen MR) is 111 cm³/mol. The molecule has 1 N–H and O–H groups in total. The Morgan fingerprint density at radius 2 is 1.83 bits per heavy atom. The molecule has 4 rings (SSSR count). The molecule has 1 atom stereocenters. The zero-order chi connectivity index (χ0) is 20.2. The van der Waals surface area contributed by atoms with Gasteiger partial charge in [-0.05, 0) is 73.4 Å². The number of piperidine rings is 1. The summed E-state index contributed by atoms with van der Waals surface area (Å²) in [6.07, 6.45) is 5.62. The van der Waals surface area contributed by atoms with E-state index in [2.05, 4.69) is 5.32 Å². The molecule has 4 nitrogen and oxygen atoms in total. The second kappa shape index (κ2) is 8.76. The van der Waals surface area contributed by atoms with E-state index in [0.717, 1.165) is 49.8 Å². The minimum absolute atomic E-state index is 0.0288. The van der Waals surface area contributed by atoms with E-state index in [1.807, 2.05) is 29.2 Å². The van der Waals surface area contributed by atoms with Crippen LogP contribution in [0.15, 0.2) is 48.5 Å². The third-order valence-corrected chi connectivity index (χ3v) is 5.82. The first kappa shape index (κ1) is 19.6. The fourth-order valence-corrected chi connectivity index (χ4v) is 4.00. The number of hydrogen-bond donors (Lipinski definition) is 1. The molecular formula is C24H27FN2O2. The van der Waals surface area contributed by atoms with Crippen molar-refractivity contribution in [3.05, 3.63) is 59.9 Å². The van der Waals surface area contributed by atoms with Crippen LogP contribution in [0.25, 0.3) is 11.1 Å². The van der Waals surface area contributed by atoms with Crippen molar-refractivity contribution in [1.29, 1.82) is 0 Å². The number of rotatable bonds is 6. The number of hydrogen-bond acceptors (Lipinski definition) is 2. The summed E-state index contributed by atoms with van der Waals surface area (Å²) in [5.41, 5.74) is 2.44. The largest absolute Gasteiger partial charge is 0.353 e. The second-order valence-electron chi connectivity index (χ2n) is 8.23. The van der Waals surface area contributed by atoms with Crippen LogP contribution in [0.2, 0.25) is 0 Å². The molecule has 2 amide bonds.